The Morgan fingerprint density at radius 1 is 1.22 bits per heavy atom. The van der Waals surface area contributed by atoms with Gasteiger partial charge in [0.1, 0.15) is 17.8 Å². The smallest absolute Gasteiger partial charge is 0.376 e. The van der Waals surface area contributed by atoms with Crippen molar-refractivity contribution < 1.29 is 27.2 Å². The molecule has 202 valence electrons. The van der Waals surface area contributed by atoms with Crippen molar-refractivity contribution in [3.63, 3.8) is 0 Å². The molecule has 1 amide bonds. The predicted molar refractivity (Wildman–Crippen MR) is 139 cm³/mol. The van der Waals surface area contributed by atoms with Crippen molar-refractivity contribution in [2.45, 2.75) is 19.0 Å². The van der Waals surface area contributed by atoms with Gasteiger partial charge in [0.15, 0.2) is 0 Å². The zero-order valence-corrected chi connectivity index (χ0v) is 21.4. The standard InChI is InChI=1S/C21H23Cl2F4N5O.C3H4O/c1-32(8-2-3-13-16(24)7-6-15(22)19(13)23)11-31-12-4-5-14(20(29)21(25,26)27)17(9-12)30-10-18(28)33;1-2-3-4/h4-7,9,29-31H,2-3,8,10-11H2,1H3,(H2,28,33);2-3H,1H2. The Morgan fingerprint density at radius 3 is 2.43 bits per heavy atom. The lowest BCUT2D eigenvalue weighted by Gasteiger charge is -2.20. The zero-order chi connectivity index (χ0) is 28.2. The van der Waals surface area contributed by atoms with Gasteiger partial charge in [-0.15, -0.1) is 0 Å². The van der Waals surface area contributed by atoms with Gasteiger partial charge in [-0.3, -0.25) is 19.9 Å². The fourth-order valence-corrected chi connectivity index (χ4v) is 3.41. The number of rotatable bonds is 12. The van der Waals surface area contributed by atoms with Crippen LogP contribution in [0, 0.1) is 11.2 Å². The predicted octanol–water partition coefficient (Wildman–Crippen LogP) is 5.27. The molecule has 13 heteroatoms. The number of amides is 1. The van der Waals surface area contributed by atoms with Crippen LogP contribution in [0.25, 0.3) is 0 Å². The van der Waals surface area contributed by atoms with E-state index in [1.807, 2.05) is 11.9 Å². The van der Waals surface area contributed by atoms with Crippen LogP contribution in [-0.4, -0.2) is 55.8 Å². The average molecular weight is 564 g/mol. The van der Waals surface area contributed by atoms with Gasteiger partial charge in [0.2, 0.25) is 5.91 Å². The molecular formula is C24H27Cl2F4N5O2. The maximum Gasteiger partial charge on any atom is 0.433 e. The molecule has 0 saturated carbocycles. The van der Waals surface area contributed by atoms with Gasteiger partial charge in [-0.2, -0.15) is 13.2 Å². The normalized spacial score (nSPS) is 10.8. The van der Waals surface area contributed by atoms with E-state index in [0.717, 1.165) is 6.07 Å². The van der Waals surface area contributed by atoms with E-state index in [1.54, 1.807) is 0 Å². The summed E-state index contributed by atoms with van der Waals surface area (Å²) in [6.45, 7) is 3.63. The number of hydrogen-bond acceptors (Lipinski definition) is 6. The van der Waals surface area contributed by atoms with Gasteiger partial charge in [-0.25, -0.2) is 4.39 Å². The lowest BCUT2D eigenvalue weighted by molar-refractivity contribution is -0.116. The van der Waals surface area contributed by atoms with E-state index in [0.29, 0.717) is 43.6 Å². The van der Waals surface area contributed by atoms with Crippen molar-refractivity contribution in [2.75, 3.05) is 37.4 Å². The van der Waals surface area contributed by atoms with Crippen molar-refractivity contribution in [3.8, 4) is 0 Å². The minimum Gasteiger partial charge on any atom is -0.376 e. The minimum atomic E-state index is -4.84. The van der Waals surface area contributed by atoms with Crippen molar-refractivity contribution in [1.82, 2.24) is 4.90 Å². The highest BCUT2D eigenvalue weighted by atomic mass is 35.5. The van der Waals surface area contributed by atoms with Crippen molar-refractivity contribution in [3.05, 3.63) is 70.0 Å². The molecule has 0 aliphatic rings. The van der Waals surface area contributed by atoms with Gasteiger partial charge < -0.3 is 16.4 Å². The van der Waals surface area contributed by atoms with Crippen LogP contribution < -0.4 is 16.4 Å². The second-order valence-electron chi connectivity index (χ2n) is 7.66. The fourth-order valence-electron chi connectivity index (χ4n) is 2.98. The van der Waals surface area contributed by atoms with Crippen molar-refractivity contribution in [1.29, 1.82) is 5.41 Å². The summed E-state index contributed by atoms with van der Waals surface area (Å²) in [5.41, 5.74) is 3.90. The summed E-state index contributed by atoms with van der Waals surface area (Å²) >= 11 is 12.0. The number of primary amides is 1. The highest BCUT2D eigenvalue weighted by Gasteiger charge is 2.36. The largest absolute Gasteiger partial charge is 0.433 e. The number of benzene rings is 2. The topological polar surface area (TPSA) is 111 Å². The van der Waals surface area contributed by atoms with Gasteiger partial charge in [-0.05, 0) is 62.8 Å². The molecule has 0 aliphatic carbocycles. The molecular weight excluding hydrogens is 537 g/mol. The highest BCUT2D eigenvalue weighted by molar-refractivity contribution is 6.42. The molecule has 7 nitrogen and oxygen atoms in total. The SMILES string of the molecule is C=CC=O.CN(CCCc1c(F)ccc(Cl)c1Cl)CNc1ccc(C(=N)C(F)(F)F)c(NCC(N)=O)c1. The summed E-state index contributed by atoms with van der Waals surface area (Å²) in [7, 11) is 1.81. The molecule has 0 spiro atoms. The first-order valence-corrected chi connectivity index (χ1v) is 11.5. The molecule has 2 aromatic rings. The highest BCUT2D eigenvalue weighted by Crippen LogP contribution is 2.30. The molecule has 0 bridgehead atoms. The van der Waals surface area contributed by atoms with Gasteiger partial charge in [-0.1, -0.05) is 29.8 Å². The van der Waals surface area contributed by atoms with Crippen LogP contribution in [0.4, 0.5) is 28.9 Å². The quantitative estimate of drug-likeness (QED) is 0.0702. The molecule has 0 atom stereocenters. The number of hydrogen-bond donors (Lipinski definition) is 4. The lowest BCUT2D eigenvalue weighted by Crippen LogP contribution is -2.28. The average Bonchev–Trinajstić information content (AvgIpc) is 2.85. The molecule has 0 aromatic heterocycles. The molecule has 0 aliphatic heterocycles. The maximum absolute atomic E-state index is 13.9. The van der Waals surface area contributed by atoms with Gasteiger partial charge in [0, 0.05) is 22.5 Å². The Bertz CT molecular complexity index is 1110. The number of aldehydes is 1. The molecule has 2 rings (SSSR count). The number of alkyl halides is 3. The van der Waals surface area contributed by atoms with Crippen LogP contribution in [0.5, 0.6) is 0 Å². The number of carbonyl (C=O) groups excluding carboxylic acids is 2. The summed E-state index contributed by atoms with van der Waals surface area (Å²) in [4.78, 5) is 22.0. The van der Waals surface area contributed by atoms with Gasteiger partial charge >= 0.3 is 6.18 Å². The number of nitrogens with zero attached hydrogens (tertiary/aromatic N) is 1. The molecule has 0 radical (unpaired) electrons. The minimum absolute atomic E-state index is 0.0464. The van der Waals surface area contributed by atoms with Crippen LogP contribution in [0.15, 0.2) is 43.0 Å². The van der Waals surface area contributed by atoms with Crippen LogP contribution in [0.1, 0.15) is 17.5 Å². The fraction of sp³-hybridized carbons (Fsp3) is 0.292. The Hall–Kier alpha value is -3.15. The second-order valence-corrected chi connectivity index (χ2v) is 8.45. The maximum atomic E-state index is 13.9. The number of allylic oxidation sites excluding steroid dienone is 1. The van der Waals surface area contributed by atoms with Crippen LogP contribution in [-0.2, 0) is 16.0 Å². The lowest BCUT2D eigenvalue weighted by atomic mass is 10.1. The number of nitrogens with two attached hydrogens (primary N) is 1. The first-order chi connectivity index (χ1) is 17.3. The molecule has 0 unspecified atom stereocenters. The molecule has 5 N–H and O–H groups in total. The number of halogens is 6. The first-order valence-electron chi connectivity index (χ1n) is 10.7. The van der Waals surface area contributed by atoms with Gasteiger partial charge in [0.25, 0.3) is 0 Å². The summed E-state index contributed by atoms with van der Waals surface area (Å²) in [6.07, 6.45) is -2.04. The van der Waals surface area contributed by atoms with E-state index in [9.17, 15) is 22.4 Å². The Kier molecular flexibility index (Phi) is 13.1. The van der Waals surface area contributed by atoms with Crippen LogP contribution in [0.3, 0.4) is 0 Å². The molecule has 0 fully saturated rings. The molecule has 0 saturated heterocycles. The number of nitrogens with one attached hydrogen (secondary N) is 3. The van der Waals surface area contributed by atoms with Crippen molar-refractivity contribution in [2.24, 2.45) is 5.73 Å². The third-order valence-electron chi connectivity index (χ3n) is 4.78. The summed E-state index contributed by atoms with van der Waals surface area (Å²) < 4.78 is 52.9. The van der Waals surface area contributed by atoms with E-state index in [-0.39, 0.29) is 22.3 Å². The second kappa shape index (κ2) is 15.2. The third-order valence-corrected chi connectivity index (χ3v) is 5.62. The monoisotopic (exact) mass is 563 g/mol. The molecule has 37 heavy (non-hydrogen) atoms. The van der Waals surface area contributed by atoms with Crippen LogP contribution in [0.2, 0.25) is 10.0 Å². The summed E-state index contributed by atoms with van der Waals surface area (Å²) in [5, 5.41) is 13.4. The summed E-state index contributed by atoms with van der Waals surface area (Å²) in [5.74, 6) is -1.18. The van der Waals surface area contributed by atoms with Crippen LogP contribution >= 0.6 is 23.2 Å². The van der Waals surface area contributed by atoms with E-state index < -0.39 is 29.2 Å². The third kappa shape index (κ3) is 10.8. The first kappa shape index (κ1) is 31.9. The summed E-state index contributed by atoms with van der Waals surface area (Å²) in [6, 6.07) is 6.58. The Morgan fingerprint density at radius 2 is 1.86 bits per heavy atom. The number of anilines is 2. The van der Waals surface area contributed by atoms with E-state index in [2.05, 4.69) is 17.2 Å². The number of carbonyl (C=O) groups is 2. The van der Waals surface area contributed by atoms with Crippen molar-refractivity contribution >= 4 is 52.5 Å². The van der Waals surface area contributed by atoms with Gasteiger partial charge in [0.05, 0.1) is 23.3 Å². The van der Waals surface area contributed by atoms with E-state index in [4.69, 9.17) is 39.1 Å². The molecule has 0 heterocycles. The van der Waals surface area contributed by atoms with E-state index >= 15 is 0 Å². The Labute approximate surface area is 222 Å². The Balaban J connectivity index is 0.00000159. The zero-order valence-electron chi connectivity index (χ0n) is 19.9. The van der Waals surface area contributed by atoms with E-state index in [1.165, 1.54) is 30.3 Å². The molecule has 2 aromatic carbocycles.